The fraction of sp³-hybridized carbons (Fsp3) is 0.578. The zero-order chi connectivity index (χ0) is 70.7. The van der Waals surface area contributed by atoms with Crippen molar-refractivity contribution in [3.63, 3.8) is 0 Å². The van der Waals surface area contributed by atoms with Crippen LogP contribution in [0, 0.1) is 11.8 Å². The Hall–Kier alpha value is -7.26. The predicted octanol–water partition coefficient (Wildman–Crippen LogP) is -1.92. The highest BCUT2D eigenvalue weighted by atomic mass is 32.3. The number of fused-ring (bicyclic) bond motifs is 2. The lowest BCUT2D eigenvalue weighted by molar-refractivity contribution is -0.147. The molecule has 5 fully saturated rings. The number of nitrogens with one attached hydrogen (secondary N) is 6. The molecular formula is C64H90N12O20S2. The minimum absolute atomic E-state index is 0.0125. The molecule has 4 aliphatic heterocycles. The second-order valence-corrected chi connectivity index (χ2v) is 28.1. The minimum Gasteiger partial charge on any atom is -0.504 e. The van der Waals surface area contributed by atoms with Crippen molar-refractivity contribution in [3.05, 3.63) is 77.9 Å². The van der Waals surface area contributed by atoms with E-state index in [2.05, 4.69) is 68.2 Å². The second kappa shape index (κ2) is 33.7. The summed E-state index contributed by atoms with van der Waals surface area (Å²) >= 11 is -3.41. The highest BCUT2D eigenvalue weighted by Gasteiger charge is 2.50. The zero-order valence-corrected chi connectivity index (χ0v) is 55.9. The molecule has 0 spiro atoms. The number of piperazine rings is 1. The first-order chi connectivity index (χ1) is 46.7. The van der Waals surface area contributed by atoms with Crippen LogP contribution in [0.4, 0.5) is 5.69 Å². The molecule has 5 aliphatic rings. The van der Waals surface area contributed by atoms with Crippen molar-refractivity contribution >= 4 is 69.5 Å². The van der Waals surface area contributed by atoms with E-state index in [1.54, 1.807) is 12.1 Å². The highest BCUT2D eigenvalue weighted by Crippen LogP contribution is 2.41. The third kappa shape index (κ3) is 19.2. The molecule has 18 N–H and O–H groups in total. The first-order valence-electron chi connectivity index (χ1n) is 32.9. The molecule has 0 radical (unpaired) electrons. The molecule has 32 nitrogen and oxygen atoms in total. The molecule has 1 aromatic heterocycles. The molecule has 5 heterocycles. The molecule has 3 aromatic carbocycles. The summed E-state index contributed by atoms with van der Waals surface area (Å²) in [6.45, 7) is 4.64. The van der Waals surface area contributed by atoms with Gasteiger partial charge in [-0.2, -0.15) is 0 Å². The number of aliphatic hydroxyl groups is 8. The predicted molar refractivity (Wildman–Crippen MR) is 356 cm³/mol. The van der Waals surface area contributed by atoms with Crippen LogP contribution in [-0.2, 0) is 35.2 Å². The van der Waals surface area contributed by atoms with E-state index < -0.39 is 201 Å². The van der Waals surface area contributed by atoms with Gasteiger partial charge in [0.1, 0.15) is 46.3 Å². The smallest absolute Gasteiger partial charge is 0.266 e. The Bertz CT molecular complexity index is 3390. The number of phenolic OH excluding ortho intramolecular Hbond substituents is 1. The summed E-state index contributed by atoms with van der Waals surface area (Å²) in [5.74, 6) is -9.66. The maximum absolute atomic E-state index is 15.0. The summed E-state index contributed by atoms with van der Waals surface area (Å²) in [7, 11) is 0. The number of hydrogen-bond donors (Lipinski definition) is 18. The van der Waals surface area contributed by atoms with Crippen molar-refractivity contribution in [1.29, 1.82) is 0 Å². The molecule has 1 saturated carbocycles. The van der Waals surface area contributed by atoms with Crippen LogP contribution in [-0.4, -0.2) is 277 Å². The molecule has 98 heavy (non-hydrogen) atoms. The summed E-state index contributed by atoms with van der Waals surface area (Å²) in [6.07, 6.45) is -6.40. The van der Waals surface area contributed by atoms with Crippen molar-refractivity contribution in [1.82, 2.24) is 56.8 Å². The SMILES string of the molecule is C[C@@H](O)[C@@H]1NC(=O)C(NC(=O)c2ccc(-c3nnc(-c4ccc(N5CCN(CC6CCCCC6)CC5)cc4)s3)cc2)C[C@@H](O)CNC(=O)[C@@H]2[C@@H](O)[C@@H](C)CN2C(=O)[C@H]([C@H](O)CCNC(CO)CO)NC(=O)[C@H]([C@H](O)Cc2ccc(O)c(OS(O)(O)O)c2)NC(=O)[C@@H]2C[C@@H](O)CN2C1=O. The summed E-state index contributed by atoms with van der Waals surface area (Å²) < 4.78 is 33.4. The van der Waals surface area contributed by atoms with Gasteiger partial charge in [-0.15, -0.1) is 10.2 Å². The van der Waals surface area contributed by atoms with Crippen LogP contribution < -0.4 is 41.0 Å². The van der Waals surface area contributed by atoms with Gasteiger partial charge in [-0.1, -0.05) is 55.7 Å². The topological polar surface area (TPSA) is 482 Å². The van der Waals surface area contributed by atoms with E-state index in [1.807, 2.05) is 12.1 Å². The number of carbonyl (C=O) groups excluding carboxylic acids is 7. The van der Waals surface area contributed by atoms with Crippen LogP contribution in [0.2, 0.25) is 0 Å². The normalized spacial score (nSPS) is 26.7. The van der Waals surface area contributed by atoms with Crippen LogP contribution in [0.3, 0.4) is 0 Å². The fourth-order valence-corrected chi connectivity index (χ4v) is 14.4. The molecule has 34 heteroatoms. The maximum atomic E-state index is 15.0. The van der Waals surface area contributed by atoms with E-state index in [-0.39, 0.29) is 24.2 Å². The lowest BCUT2D eigenvalue weighted by Crippen LogP contribution is -2.64. The van der Waals surface area contributed by atoms with Crippen LogP contribution in [0.25, 0.3) is 21.1 Å². The minimum atomic E-state index is -4.74. The van der Waals surface area contributed by atoms with E-state index in [1.165, 1.54) is 75.1 Å². The lowest BCUT2D eigenvalue weighted by atomic mass is 9.89. The number of aliphatic hydroxyl groups excluding tert-OH is 8. The molecule has 7 amide bonds. The molecule has 538 valence electrons. The van der Waals surface area contributed by atoms with Gasteiger partial charge in [-0.25, -0.2) is 0 Å². The van der Waals surface area contributed by atoms with E-state index in [9.17, 15) is 93.2 Å². The Morgan fingerprint density at radius 2 is 1.35 bits per heavy atom. The van der Waals surface area contributed by atoms with Crippen molar-refractivity contribution in [3.8, 4) is 32.6 Å². The Morgan fingerprint density at radius 3 is 1.98 bits per heavy atom. The molecule has 4 aromatic rings. The summed E-state index contributed by atoms with van der Waals surface area (Å²) in [5.41, 5.74) is 2.54. The largest absolute Gasteiger partial charge is 0.504 e. The van der Waals surface area contributed by atoms with E-state index in [0.29, 0.717) is 15.6 Å². The number of rotatable bonds is 20. The Morgan fingerprint density at radius 1 is 0.724 bits per heavy atom. The maximum Gasteiger partial charge on any atom is 0.266 e. The van der Waals surface area contributed by atoms with Gasteiger partial charge in [0.25, 0.3) is 17.1 Å². The molecule has 4 saturated heterocycles. The number of phenols is 1. The molecule has 1 aliphatic carbocycles. The van der Waals surface area contributed by atoms with Gasteiger partial charge in [0.15, 0.2) is 11.5 Å². The number of aromatic hydroxyl groups is 1. The second-order valence-electron chi connectivity index (χ2n) is 26.0. The number of benzene rings is 3. The summed E-state index contributed by atoms with van der Waals surface area (Å²) in [5, 5.41) is 124. The van der Waals surface area contributed by atoms with Gasteiger partial charge >= 0.3 is 0 Å². The van der Waals surface area contributed by atoms with Crippen LogP contribution in [0.15, 0.2) is 66.7 Å². The van der Waals surface area contributed by atoms with Crippen molar-refractivity contribution in [2.24, 2.45) is 11.8 Å². The van der Waals surface area contributed by atoms with Crippen LogP contribution in [0.1, 0.15) is 81.1 Å². The average molecular weight is 1410 g/mol. The monoisotopic (exact) mass is 1410 g/mol. The number of nitrogens with zero attached hydrogens (tertiary/aromatic N) is 6. The third-order valence-corrected chi connectivity index (χ3v) is 20.1. The quantitative estimate of drug-likeness (QED) is 0.0459. The molecule has 0 bridgehead atoms. The molecule has 9 rings (SSSR count). The van der Waals surface area contributed by atoms with Gasteiger partial charge < -0.3 is 96.7 Å². The van der Waals surface area contributed by atoms with Gasteiger partial charge in [-0.3, -0.25) is 52.1 Å². The molecular weight excluding hydrogens is 1320 g/mol. The first-order valence-corrected chi connectivity index (χ1v) is 35.1. The van der Waals surface area contributed by atoms with E-state index >= 15 is 0 Å². The van der Waals surface area contributed by atoms with Crippen molar-refractivity contribution < 1.29 is 97.4 Å². The van der Waals surface area contributed by atoms with Crippen LogP contribution >= 0.6 is 22.5 Å². The zero-order valence-electron chi connectivity index (χ0n) is 54.3. The van der Waals surface area contributed by atoms with Gasteiger partial charge in [0.05, 0.1) is 55.9 Å². The molecule has 13 atom stereocenters. The van der Waals surface area contributed by atoms with Crippen LogP contribution in [0.5, 0.6) is 11.5 Å². The number of carbonyl (C=O) groups is 7. The highest BCUT2D eigenvalue weighted by molar-refractivity contribution is 8.15. The average Bonchev–Trinajstić information content (AvgIpc) is 1.36. The Kier molecular flexibility index (Phi) is 25.8. The van der Waals surface area contributed by atoms with Crippen molar-refractivity contribution in [2.45, 2.75) is 151 Å². The Labute approximate surface area is 571 Å². The third-order valence-electron chi connectivity index (χ3n) is 18.6. The number of amides is 7. The fourth-order valence-electron chi connectivity index (χ4n) is 13.1. The van der Waals surface area contributed by atoms with Gasteiger partial charge in [0, 0.05) is 99.9 Å². The summed E-state index contributed by atoms with van der Waals surface area (Å²) in [4.78, 5) is 109. The standard InChI is InChI=1S/C64H90N12O20S2/c1-34-29-76-54(55(34)85)60(90)66-28-43(80)26-45(67-56(86)38-9-11-39(12-10-38)61-71-72-62(97-61)40-13-15-42(16-14-40)74-22-20-73(21-23-74)30-36-6-4-3-5-7-36)57(87)68-51(35(2)79)63(91)75-31-44(81)27-46(75)58(88)69-52(49(84)24-37-8-17-47(82)50(25-37)96-98(93,94)95)59(89)70-53(64(76)92)48(83)18-19-65-41(32-77)33-78/h8-17,25,34-36,41,43-46,48-49,51-55,65,77-85,93-95H,3-7,18-24,26-33H2,1-2H3,(H,66,90)(H,67,86)(H,68,87)(H,69,88)(H,70,89)/t34-,35+,43+,44+,45?,46-,48+,49+,51-,52-,53-,54-,55-/m0/s1. The Balaban J connectivity index is 0.966. The molecule has 1 unspecified atom stereocenters. The van der Waals surface area contributed by atoms with Gasteiger partial charge in [-0.05, 0) is 92.7 Å². The number of β-amino-alcohol motifs (C(OH)–C–C–N with tert-alkyl or cyclic N) is 1. The lowest BCUT2D eigenvalue weighted by Gasteiger charge is -2.38. The number of anilines is 1. The van der Waals surface area contributed by atoms with E-state index in [4.69, 9.17) is 0 Å². The van der Waals surface area contributed by atoms with Crippen molar-refractivity contribution in [2.75, 3.05) is 77.0 Å². The first kappa shape index (κ1) is 75.0. The van der Waals surface area contributed by atoms with E-state index in [0.717, 1.165) is 72.2 Å². The number of hydrogen-bond acceptors (Lipinski definition) is 26. The summed E-state index contributed by atoms with van der Waals surface area (Å²) in [6, 6.07) is 4.84. The van der Waals surface area contributed by atoms with Gasteiger partial charge in [0.2, 0.25) is 35.4 Å². The number of aromatic nitrogens is 2.